The molecule has 1 fully saturated rings. The van der Waals surface area contributed by atoms with Gasteiger partial charge < -0.3 is 10.4 Å². The van der Waals surface area contributed by atoms with E-state index in [0.717, 1.165) is 24.9 Å². The van der Waals surface area contributed by atoms with Crippen LogP contribution in [0.15, 0.2) is 16.6 Å². The SMILES string of the molecule is Cc1cc(NCC2CCCC2O)c(Br)cc1[N+](=O)[O-]. The maximum absolute atomic E-state index is 10.8. The van der Waals surface area contributed by atoms with Crippen molar-refractivity contribution < 1.29 is 10.0 Å². The Labute approximate surface area is 120 Å². The fourth-order valence-corrected chi connectivity index (χ4v) is 2.97. The molecule has 104 valence electrons. The molecule has 1 saturated carbocycles. The Hall–Kier alpha value is -1.14. The van der Waals surface area contributed by atoms with Crippen molar-refractivity contribution >= 4 is 27.3 Å². The summed E-state index contributed by atoms with van der Waals surface area (Å²) in [5.41, 5.74) is 1.57. The molecular weight excluding hydrogens is 312 g/mol. The number of halogens is 1. The normalized spacial score (nSPS) is 22.5. The van der Waals surface area contributed by atoms with E-state index in [4.69, 9.17) is 0 Å². The quantitative estimate of drug-likeness (QED) is 0.657. The van der Waals surface area contributed by atoms with Crippen LogP contribution in [-0.2, 0) is 0 Å². The van der Waals surface area contributed by atoms with Crippen molar-refractivity contribution in [1.29, 1.82) is 0 Å². The van der Waals surface area contributed by atoms with Crippen molar-refractivity contribution in [1.82, 2.24) is 0 Å². The summed E-state index contributed by atoms with van der Waals surface area (Å²) in [6.07, 6.45) is 2.73. The van der Waals surface area contributed by atoms with Crippen LogP contribution in [0.4, 0.5) is 11.4 Å². The Morgan fingerprint density at radius 3 is 2.84 bits per heavy atom. The second-order valence-electron chi connectivity index (χ2n) is 5.01. The summed E-state index contributed by atoms with van der Waals surface area (Å²) in [6, 6.07) is 3.28. The van der Waals surface area contributed by atoms with Crippen LogP contribution in [0.5, 0.6) is 0 Å². The van der Waals surface area contributed by atoms with Crippen molar-refractivity contribution in [2.45, 2.75) is 32.3 Å². The second-order valence-corrected chi connectivity index (χ2v) is 5.87. The van der Waals surface area contributed by atoms with E-state index >= 15 is 0 Å². The van der Waals surface area contributed by atoms with Gasteiger partial charge in [-0.1, -0.05) is 6.42 Å². The van der Waals surface area contributed by atoms with Gasteiger partial charge >= 0.3 is 0 Å². The van der Waals surface area contributed by atoms with Crippen molar-refractivity contribution in [3.05, 3.63) is 32.3 Å². The number of anilines is 1. The molecule has 1 aromatic carbocycles. The number of hydrogen-bond acceptors (Lipinski definition) is 4. The van der Waals surface area contributed by atoms with Crippen molar-refractivity contribution in [2.24, 2.45) is 5.92 Å². The van der Waals surface area contributed by atoms with Gasteiger partial charge in [-0.3, -0.25) is 10.1 Å². The maximum atomic E-state index is 10.8. The summed E-state index contributed by atoms with van der Waals surface area (Å²) in [4.78, 5) is 10.4. The number of hydrogen-bond donors (Lipinski definition) is 2. The first-order valence-electron chi connectivity index (χ1n) is 6.35. The monoisotopic (exact) mass is 328 g/mol. The van der Waals surface area contributed by atoms with E-state index in [9.17, 15) is 15.2 Å². The lowest BCUT2D eigenvalue weighted by molar-refractivity contribution is -0.385. The van der Waals surface area contributed by atoms with Crippen LogP contribution in [-0.4, -0.2) is 22.7 Å². The molecule has 0 aliphatic heterocycles. The molecule has 19 heavy (non-hydrogen) atoms. The van der Waals surface area contributed by atoms with Gasteiger partial charge in [-0.15, -0.1) is 0 Å². The van der Waals surface area contributed by atoms with Crippen LogP contribution in [0.3, 0.4) is 0 Å². The van der Waals surface area contributed by atoms with Crippen molar-refractivity contribution in [2.75, 3.05) is 11.9 Å². The van der Waals surface area contributed by atoms with Crippen molar-refractivity contribution in [3.8, 4) is 0 Å². The highest BCUT2D eigenvalue weighted by Gasteiger charge is 2.25. The first kappa shape index (κ1) is 14.3. The number of nitrogens with one attached hydrogen (secondary N) is 1. The second kappa shape index (κ2) is 5.88. The summed E-state index contributed by atoms with van der Waals surface area (Å²) in [7, 11) is 0. The number of nitro groups is 1. The lowest BCUT2D eigenvalue weighted by Crippen LogP contribution is -2.22. The van der Waals surface area contributed by atoms with E-state index < -0.39 is 0 Å². The number of aliphatic hydroxyl groups is 1. The summed E-state index contributed by atoms with van der Waals surface area (Å²) in [6.45, 7) is 2.41. The van der Waals surface area contributed by atoms with Crippen LogP contribution >= 0.6 is 15.9 Å². The predicted molar refractivity (Wildman–Crippen MR) is 77.4 cm³/mol. The van der Waals surface area contributed by atoms with Crippen molar-refractivity contribution in [3.63, 3.8) is 0 Å². The molecule has 1 aromatic rings. The van der Waals surface area contributed by atoms with Crippen LogP contribution < -0.4 is 5.32 Å². The molecule has 6 heteroatoms. The molecule has 0 aromatic heterocycles. The Morgan fingerprint density at radius 1 is 1.53 bits per heavy atom. The third kappa shape index (κ3) is 3.25. The van der Waals surface area contributed by atoms with Gasteiger partial charge in [0, 0.05) is 34.3 Å². The van der Waals surface area contributed by atoms with Gasteiger partial charge in [-0.2, -0.15) is 0 Å². The van der Waals surface area contributed by atoms with Gasteiger partial charge in [0.1, 0.15) is 0 Å². The Morgan fingerprint density at radius 2 is 2.26 bits per heavy atom. The first-order chi connectivity index (χ1) is 8.99. The molecule has 2 rings (SSSR count). The van der Waals surface area contributed by atoms with E-state index in [1.54, 1.807) is 13.0 Å². The third-order valence-corrected chi connectivity index (χ3v) is 4.31. The molecule has 0 spiro atoms. The summed E-state index contributed by atoms with van der Waals surface area (Å²) >= 11 is 3.34. The van der Waals surface area contributed by atoms with Gasteiger partial charge in [0.15, 0.2) is 0 Å². The molecule has 1 aliphatic rings. The summed E-state index contributed by atoms with van der Waals surface area (Å²) in [5, 5.41) is 23.9. The van der Waals surface area contributed by atoms with E-state index in [2.05, 4.69) is 21.2 Å². The number of benzene rings is 1. The minimum absolute atomic E-state index is 0.110. The van der Waals surface area contributed by atoms with E-state index in [0.29, 0.717) is 16.6 Å². The smallest absolute Gasteiger partial charge is 0.273 e. The molecule has 2 unspecified atom stereocenters. The minimum Gasteiger partial charge on any atom is -0.393 e. The zero-order chi connectivity index (χ0) is 14.0. The number of nitrogens with zero attached hydrogens (tertiary/aromatic N) is 1. The van der Waals surface area contributed by atoms with Gasteiger partial charge in [0.25, 0.3) is 5.69 Å². The Bertz CT molecular complexity index is 493. The molecule has 0 saturated heterocycles. The molecule has 1 aliphatic carbocycles. The third-order valence-electron chi connectivity index (χ3n) is 3.66. The van der Waals surface area contributed by atoms with E-state index in [-0.39, 0.29) is 22.6 Å². The number of aryl methyl sites for hydroxylation is 1. The molecule has 0 bridgehead atoms. The number of aliphatic hydroxyl groups excluding tert-OH is 1. The van der Waals surface area contributed by atoms with Crippen LogP contribution in [0.1, 0.15) is 24.8 Å². The molecular formula is C13H17BrN2O3. The molecule has 5 nitrogen and oxygen atoms in total. The van der Waals surface area contributed by atoms with E-state index in [1.165, 1.54) is 6.07 Å². The fourth-order valence-electron chi connectivity index (χ4n) is 2.50. The Balaban J connectivity index is 2.08. The fraction of sp³-hybridized carbons (Fsp3) is 0.538. The van der Waals surface area contributed by atoms with E-state index in [1.807, 2.05) is 0 Å². The highest BCUT2D eigenvalue weighted by atomic mass is 79.9. The van der Waals surface area contributed by atoms with Crippen LogP contribution in [0.2, 0.25) is 0 Å². The highest BCUT2D eigenvalue weighted by molar-refractivity contribution is 9.10. The average molecular weight is 329 g/mol. The molecule has 2 N–H and O–H groups in total. The molecule has 0 amide bonds. The van der Waals surface area contributed by atoms with Gasteiger partial charge in [0.05, 0.1) is 11.0 Å². The van der Waals surface area contributed by atoms with Gasteiger partial charge in [-0.25, -0.2) is 0 Å². The largest absolute Gasteiger partial charge is 0.393 e. The lowest BCUT2D eigenvalue weighted by atomic mass is 10.1. The topological polar surface area (TPSA) is 75.4 Å². The predicted octanol–water partition coefficient (Wildman–Crippen LogP) is 3.24. The standard InChI is InChI=1S/C13H17BrN2O3/c1-8-5-11(10(14)6-12(8)16(18)19)15-7-9-3-2-4-13(9)17/h5-6,9,13,15,17H,2-4,7H2,1H3. The first-order valence-corrected chi connectivity index (χ1v) is 7.15. The lowest BCUT2D eigenvalue weighted by Gasteiger charge is -2.17. The molecule has 0 heterocycles. The van der Waals surface area contributed by atoms with Crippen LogP contribution in [0.25, 0.3) is 0 Å². The zero-order valence-electron chi connectivity index (χ0n) is 10.7. The highest BCUT2D eigenvalue weighted by Crippen LogP contribution is 2.32. The zero-order valence-corrected chi connectivity index (χ0v) is 12.3. The van der Waals surface area contributed by atoms with Crippen LogP contribution in [0, 0.1) is 23.0 Å². The molecule has 0 radical (unpaired) electrons. The summed E-state index contributed by atoms with van der Waals surface area (Å²) < 4.78 is 0.678. The maximum Gasteiger partial charge on any atom is 0.273 e. The minimum atomic E-state index is -0.384. The van der Waals surface area contributed by atoms with Gasteiger partial charge in [0.2, 0.25) is 0 Å². The Kier molecular flexibility index (Phi) is 4.42. The molecule has 2 atom stereocenters. The number of nitro benzene ring substituents is 1. The average Bonchev–Trinajstić information content (AvgIpc) is 2.75. The van der Waals surface area contributed by atoms with Gasteiger partial charge in [-0.05, 0) is 41.8 Å². The summed E-state index contributed by atoms with van der Waals surface area (Å²) in [5.74, 6) is 0.266. The number of rotatable bonds is 4.